The predicted molar refractivity (Wildman–Crippen MR) is 35.4 cm³/mol. The van der Waals surface area contributed by atoms with Crippen LogP contribution in [-0.4, -0.2) is 52.6 Å². The molecule has 13 nitrogen and oxygen atoms in total. The molecular formula is H3O13S3V-3. The average Bonchev–Trinajstić information content (AvgIpc) is 1.77. The van der Waals surface area contributed by atoms with Gasteiger partial charge in [0.15, 0.2) is 0 Å². The third-order valence-electron chi connectivity index (χ3n) is 0. The van der Waals surface area contributed by atoms with Crippen molar-refractivity contribution in [2.75, 3.05) is 0 Å². The van der Waals surface area contributed by atoms with Crippen molar-refractivity contribution in [1.82, 2.24) is 0 Å². The van der Waals surface area contributed by atoms with Crippen LogP contribution >= 0.6 is 0 Å². The second kappa shape index (κ2) is 11.1. The third kappa shape index (κ3) is 100000000. The molecule has 0 aromatic heterocycles. The van der Waals surface area contributed by atoms with Crippen molar-refractivity contribution in [2.24, 2.45) is 0 Å². The molecule has 0 rings (SSSR count). The van der Waals surface area contributed by atoms with Crippen molar-refractivity contribution < 1.29 is 77.9 Å². The topological polar surface area (TPSA) is 258 Å². The van der Waals surface area contributed by atoms with Crippen LogP contribution < -0.4 is 0 Å². The van der Waals surface area contributed by atoms with Crippen LogP contribution in [0.1, 0.15) is 4.28 Å². The first-order valence-electron chi connectivity index (χ1n) is 2.18. The van der Waals surface area contributed by atoms with E-state index in [4.69, 9.17) is 56.2 Å². The Kier molecular flexibility index (Phi) is 16.8. The zero-order chi connectivity index (χ0) is 15.5. The van der Waals surface area contributed by atoms with Crippen LogP contribution in [-0.2, 0) is 52.2 Å². The van der Waals surface area contributed by atoms with E-state index >= 15 is 0 Å². The van der Waals surface area contributed by atoms with Gasteiger partial charge in [0.05, 0.1) is 0 Å². The molecule has 0 aliphatic carbocycles. The molecule has 0 aromatic carbocycles. The molecule has 0 saturated heterocycles. The van der Waals surface area contributed by atoms with Gasteiger partial charge in [0.1, 0.15) is 0 Å². The van der Waals surface area contributed by atoms with Gasteiger partial charge in [-0.15, -0.1) is 0 Å². The van der Waals surface area contributed by atoms with E-state index in [0.717, 1.165) is 17.4 Å². The number of hydrogen-bond donors (Lipinski definition) is 0. The van der Waals surface area contributed by atoms with Gasteiger partial charge in [-0.25, -0.2) is 0 Å². The molecule has 0 aliphatic heterocycles. The standard InChI is InChI=1S/3H2O4S.O.V/c3*1-5(2,3)4;;/h3*(H2,1,2,3,4);;/p-3. The minimum absolute atomic E-state index is 0. The first-order chi connectivity index (χ1) is 7.00. The Balaban J connectivity index is -0.0000000222. The summed E-state index contributed by atoms with van der Waals surface area (Å²) in [6.45, 7) is 0. The van der Waals surface area contributed by atoms with Crippen LogP contribution in [0.5, 0.6) is 0 Å². The molecule has 0 atom stereocenters. The van der Waals surface area contributed by atoms with Gasteiger partial charge in [-0.05, 0) is 0 Å². The molecule has 0 fully saturated rings. The van der Waals surface area contributed by atoms with Gasteiger partial charge < -0.3 is 27.3 Å². The molecular weight excluding hydrogens is 355 g/mol. The van der Waals surface area contributed by atoms with Crippen molar-refractivity contribution in [3.8, 4) is 0 Å². The van der Waals surface area contributed by atoms with E-state index in [1.807, 2.05) is 0 Å². The summed E-state index contributed by atoms with van der Waals surface area (Å²) in [5.41, 5.74) is 0. The summed E-state index contributed by atoms with van der Waals surface area (Å²) in [6, 6.07) is 0. The molecule has 0 heterocycles. The molecule has 0 aliphatic rings. The molecule has 17 heteroatoms. The van der Waals surface area contributed by atoms with Gasteiger partial charge in [-0.3, -0.25) is 25.3 Å². The van der Waals surface area contributed by atoms with Gasteiger partial charge >= 0.3 is 25.3 Å². The monoisotopic (exact) mass is 358 g/mol. The van der Waals surface area contributed by atoms with Gasteiger partial charge in [-0.2, -0.15) is 0 Å². The van der Waals surface area contributed by atoms with Crippen LogP contribution in [0.3, 0.4) is 0 Å². The van der Waals surface area contributed by atoms with Gasteiger partial charge in [0, 0.05) is 31.2 Å². The van der Waals surface area contributed by atoms with E-state index in [9.17, 15) is 0 Å². The van der Waals surface area contributed by atoms with E-state index in [-0.39, 0.29) is 4.28 Å². The van der Waals surface area contributed by atoms with Crippen molar-refractivity contribution in [3.05, 3.63) is 0 Å². The Morgan fingerprint density at radius 2 is 0.529 bits per heavy atom. The fourth-order valence-electron chi connectivity index (χ4n) is 0. The Bertz CT molecular complexity index is 364. The minimum atomic E-state index is -5.17. The summed E-state index contributed by atoms with van der Waals surface area (Å²) in [4.78, 5) is 0. The van der Waals surface area contributed by atoms with Crippen LogP contribution in [0.4, 0.5) is 0 Å². The van der Waals surface area contributed by atoms with Crippen LogP contribution in [0.25, 0.3) is 0 Å². The van der Waals surface area contributed by atoms with Crippen molar-refractivity contribution in [3.63, 3.8) is 0 Å². The van der Waals surface area contributed by atoms with Crippen LogP contribution in [0, 0.1) is 0 Å². The molecule has 0 unspecified atom stereocenters. The van der Waals surface area contributed by atoms with Gasteiger partial charge in [0.2, 0.25) is 0 Å². The fraction of sp³-hybridized carbons (Fsp3) is 0. The molecule has 0 aromatic rings. The maximum absolute atomic E-state index is 8.52. The Hall–Kier alpha value is -0.00558. The fourth-order valence-corrected chi connectivity index (χ4v) is 0. The summed E-state index contributed by atoms with van der Waals surface area (Å²) >= 11 is 1.06. The molecule has 0 saturated carbocycles. The van der Waals surface area contributed by atoms with E-state index < -0.39 is 31.2 Å². The molecule has 0 spiro atoms. The molecule has 0 bridgehead atoms. The van der Waals surface area contributed by atoms with Crippen molar-refractivity contribution in [1.29, 1.82) is 0 Å². The zero-order valence-corrected chi connectivity index (χ0v) is 10.8. The molecule has 17 heavy (non-hydrogen) atoms. The Morgan fingerprint density at radius 1 is 0.529 bits per heavy atom. The normalized spacial score (nSPS) is 10.4. The molecule has 0 radical (unpaired) electrons. The first-order valence-corrected chi connectivity index (χ1v) is 6.75. The Morgan fingerprint density at radius 3 is 0.529 bits per heavy atom. The SMILES string of the molecule is O=S(=O)([O-])[O-].O=S(=O)([O-])[O-].O=S(=O)([O-])[O-].[H+].[H+].[H+].[O]=[V]. The van der Waals surface area contributed by atoms with E-state index in [1.54, 1.807) is 0 Å². The van der Waals surface area contributed by atoms with Crippen LogP contribution in [0.2, 0.25) is 0 Å². The summed E-state index contributed by atoms with van der Waals surface area (Å²) < 4.78 is 110. The molecule has 107 valence electrons. The van der Waals surface area contributed by atoms with Crippen molar-refractivity contribution >= 4 is 31.2 Å². The second-order valence-corrected chi connectivity index (χ2v) is 3.67. The molecule has 0 amide bonds. The van der Waals surface area contributed by atoms with E-state index in [1.165, 1.54) is 0 Å². The quantitative estimate of drug-likeness (QED) is 0.297. The summed E-state index contributed by atoms with van der Waals surface area (Å²) in [5, 5.41) is 0. The summed E-state index contributed by atoms with van der Waals surface area (Å²) in [7, 11) is -15.5. The number of hydrogen-bond acceptors (Lipinski definition) is 13. The number of rotatable bonds is 0. The van der Waals surface area contributed by atoms with E-state index in [2.05, 4.69) is 0 Å². The van der Waals surface area contributed by atoms with E-state index in [0.29, 0.717) is 0 Å². The first kappa shape index (κ1) is 25.7. The predicted octanol–water partition coefficient (Wildman–Crippen LogP) is -3.80. The van der Waals surface area contributed by atoms with Crippen molar-refractivity contribution in [2.45, 2.75) is 0 Å². The van der Waals surface area contributed by atoms with Gasteiger partial charge in [0.25, 0.3) is 0 Å². The molecule has 0 N–H and O–H groups in total. The average molecular weight is 358 g/mol. The van der Waals surface area contributed by atoms with Crippen LogP contribution in [0.15, 0.2) is 0 Å². The third-order valence-corrected chi connectivity index (χ3v) is 0. The maximum atomic E-state index is 8.52. The second-order valence-electron chi connectivity index (χ2n) is 1.22. The zero-order valence-electron chi connectivity index (χ0n) is 9.98. The summed E-state index contributed by atoms with van der Waals surface area (Å²) in [5.74, 6) is 0. The Labute approximate surface area is 109 Å². The summed E-state index contributed by atoms with van der Waals surface area (Å²) in [6.07, 6.45) is 0. The van der Waals surface area contributed by atoms with Gasteiger partial charge in [-0.1, -0.05) is 0 Å².